The summed E-state index contributed by atoms with van der Waals surface area (Å²) in [6, 6.07) is 16.3. The van der Waals surface area contributed by atoms with Crippen molar-refractivity contribution in [2.24, 2.45) is 0 Å². The largest absolute Gasteiger partial charge is 0.491 e. The van der Waals surface area contributed by atoms with Crippen molar-refractivity contribution in [2.45, 2.75) is 20.0 Å². The average Bonchev–Trinajstić information content (AvgIpc) is 3.17. The second-order valence-electron chi connectivity index (χ2n) is 6.00. The molecule has 3 aromatic rings. The van der Waals surface area contributed by atoms with Crippen LogP contribution >= 0.6 is 11.3 Å². The molecule has 0 atom stereocenters. The van der Waals surface area contributed by atoms with Crippen LogP contribution in [0.3, 0.4) is 0 Å². The van der Waals surface area contributed by atoms with Crippen molar-refractivity contribution in [1.29, 1.82) is 0 Å². The molecule has 2 aromatic carbocycles. The Morgan fingerprint density at radius 3 is 2.30 bits per heavy atom. The van der Waals surface area contributed by atoms with E-state index in [-0.39, 0.29) is 11.8 Å². The van der Waals surface area contributed by atoms with Crippen LogP contribution in [0.15, 0.2) is 60.0 Å². The highest BCUT2D eigenvalue weighted by atomic mass is 32.1. The quantitative estimate of drug-likeness (QED) is 0.661. The van der Waals surface area contributed by atoms with Gasteiger partial charge in [-0.1, -0.05) is 30.3 Å². The molecule has 27 heavy (non-hydrogen) atoms. The number of hydrogen-bond acceptors (Lipinski definition) is 5. The molecule has 7 heteroatoms. The number of thiazole rings is 1. The summed E-state index contributed by atoms with van der Waals surface area (Å²) in [5, 5.41) is 2.40. The fourth-order valence-electron chi connectivity index (χ4n) is 2.30. The van der Waals surface area contributed by atoms with Crippen LogP contribution in [0, 0.1) is 0 Å². The maximum atomic E-state index is 12.2. The number of rotatable bonds is 5. The van der Waals surface area contributed by atoms with Gasteiger partial charge < -0.3 is 4.74 Å². The smallest absolute Gasteiger partial charge is 0.289 e. The monoisotopic (exact) mass is 381 g/mol. The Balaban J connectivity index is 1.57. The van der Waals surface area contributed by atoms with Crippen LogP contribution < -0.4 is 15.6 Å². The highest BCUT2D eigenvalue weighted by Gasteiger charge is 2.13. The third-order valence-corrected chi connectivity index (χ3v) is 4.43. The molecule has 3 rings (SSSR count). The molecule has 6 nitrogen and oxygen atoms in total. The van der Waals surface area contributed by atoms with Crippen LogP contribution in [0.25, 0.3) is 10.6 Å². The van der Waals surface area contributed by atoms with Gasteiger partial charge in [-0.2, -0.15) is 0 Å². The molecule has 0 aliphatic carbocycles. The molecule has 0 radical (unpaired) electrons. The standard InChI is InChI=1S/C20H19N3O3S/c1-13(2)26-16-10-8-14(9-11-16)18(24)22-23-19(25)17-12-27-20(21-17)15-6-4-3-5-7-15/h3-13H,1-2H3,(H,22,24)(H,23,25). The number of carbonyl (C=O) groups excluding carboxylic acids is 2. The second-order valence-corrected chi connectivity index (χ2v) is 6.86. The number of nitrogens with one attached hydrogen (secondary N) is 2. The first-order valence-electron chi connectivity index (χ1n) is 8.41. The van der Waals surface area contributed by atoms with Gasteiger partial charge in [0, 0.05) is 16.5 Å². The molecule has 138 valence electrons. The van der Waals surface area contributed by atoms with E-state index in [2.05, 4.69) is 15.8 Å². The minimum Gasteiger partial charge on any atom is -0.491 e. The predicted octanol–water partition coefficient (Wildman–Crippen LogP) is 3.67. The lowest BCUT2D eigenvalue weighted by Crippen LogP contribution is -2.41. The lowest BCUT2D eigenvalue weighted by atomic mass is 10.2. The Morgan fingerprint density at radius 2 is 1.63 bits per heavy atom. The number of carbonyl (C=O) groups is 2. The number of amides is 2. The molecular weight excluding hydrogens is 362 g/mol. The molecule has 1 heterocycles. The van der Waals surface area contributed by atoms with Gasteiger partial charge >= 0.3 is 0 Å². The highest BCUT2D eigenvalue weighted by molar-refractivity contribution is 7.13. The molecule has 0 saturated heterocycles. The molecule has 0 spiro atoms. The van der Waals surface area contributed by atoms with E-state index in [1.807, 2.05) is 44.2 Å². The van der Waals surface area contributed by atoms with Gasteiger partial charge in [-0.3, -0.25) is 20.4 Å². The normalized spacial score (nSPS) is 10.5. The summed E-state index contributed by atoms with van der Waals surface area (Å²) in [7, 11) is 0. The van der Waals surface area contributed by atoms with Crippen LogP contribution in [0.2, 0.25) is 0 Å². The summed E-state index contributed by atoms with van der Waals surface area (Å²) in [5.41, 5.74) is 6.38. The second kappa shape index (κ2) is 8.46. The van der Waals surface area contributed by atoms with Crippen molar-refractivity contribution in [2.75, 3.05) is 0 Å². The number of hydrazine groups is 1. The van der Waals surface area contributed by atoms with Gasteiger partial charge in [-0.25, -0.2) is 4.98 Å². The van der Waals surface area contributed by atoms with Crippen molar-refractivity contribution in [3.63, 3.8) is 0 Å². The fourth-order valence-corrected chi connectivity index (χ4v) is 3.10. The Hall–Kier alpha value is -3.19. The van der Waals surface area contributed by atoms with E-state index in [0.717, 1.165) is 10.6 Å². The van der Waals surface area contributed by atoms with Crippen molar-refractivity contribution >= 4 is 23.2 Å². The van der Waals surface area contributed by atoms with Crippen molar-refractivity contribution in [3.8, 4) is 16.3 Å². The number of nitrogens with zero attached hydrogens (tertiary/aromatic N) is 1. The van der Waals surface area contributed by atoms with E-state index < -0.39 is 11.8 Å². The summed E-state index contributed by atoms with van der Waals surface area (Å²) in [5.74, 6) is -0.207. The van der Waals surface area contributed by atoms with E-state index >= 15 is 0 Å². The van der Waals surface area contributed by atoms with E-state index in [0.29, 0.717) is 11.3 Å². The molecule has 0 fully saturated rings. The van der Waals surface area contributed by atoms with Gasteiger partial charge in [-0.05, 0) is 38.1 Å². The number of hydrogen-bond donors (Lipinski definition) is 2. The molecule has 0 aliphatic heterocycles. The van der Waals surface area contributed by atoms with Gasteiger partial charge in [0.15, 0.2) is 0 Å². The molecule has 0 unspecified atom stereocenters. The highest BCUT2D eigenvalue weighted by Crippen LogP contribution is 2.23. The minimum absolute atomic E-state index is 0.0582. The first kappa shape index (κ1) is 18.6. The Kier molecular flexibility index (Phi) is 5.83. The number of aromatic nitrogens is 1. The first-order valence-corrected chi connectivity index (χ1v) is 9.29. The molecule has 2 N–H and O–H groups in total. The summed E-state index contributed by atoms with van der Waals surface area (Å²) in [6.07, 6.45) is 0.0582. The SMILES string of the molecule is CC(C)Oc1ccc(C(=O)NNC(=O)c2csc(-c3ccccc3)n2)cc1. The first-order chi connectivity index (χ1) is 13.0. The summed E-state index contributed by atoms with van der Waals surface area (Å²) in [6.45, 7) is 3.86. The fraction of sp³-hybridized carbons (Fsp3) is 0.150. The summed E-state index contributed by atoms with van der Waals surface area (Å²) in [4.78, 5) is 28.7. The lowest BCUT2D eigenvalue weighted by Gasteiger charge is -2.10. The van der Waals surface area contributed by atoms with E-state index in [1.54, 1.807) is 29.6 Å². The zero-order valence-electron chi connectivity index (χ0n) is 14.9. The van der Waals surface area contributed by atoms with E-state index in [9.17, 15) is 9.59 Å². The molecular formula is C20H19N3O3S. The van der Waals surface area contributed by atoms with Crippen molar-refractivity contribution in [3.05, 3.63) is 71.2 Å². The third-order valence-electron chi connectivity index (χ3n) is 3.54. The molecule has 0 bridgehead atoms. The Labute approximate surface area is 161 Å². The maximum Gasteiger partial charge on any atom is 0.289 e. The Morgan fingerprint density at radius 1 is 0.963 bits per heavy atom. The lowest BCUT2D eigenvalue weighted by molar-refractivity contribution is 0.0844. The van der Waals surface area contributed by atoms with E-state index in [1.165, 1.54) is 11.3 Å². The third kappa shape index (κ3) is 4.92. The molecule has 0 aliphatic rings. The van der Waals surface area contributed by atoms with Gasteiger partial charge in [0.05, 0.1) is 6.10 Å². The molecule has 0 saturated carbocycles. The molecule has 2 amide bonds. The summed E-state index contributed by atoms with van der Waals surface area (Å²) >= 11 is 1.37. The predicted molar refractivity (Wildman–Crippen MR) is 105 cm³/mol. The minimum atomic E-state index is -0.471. The average molecular weight is 381 g/mol. The topological polar surface area (TPSA) is 80.3 Å². The van der Waals surface area contributed by atoms with Gasteiger partial charge in [0.2, 0.25) is 0 Å². The van der Waals surface area contributed by atoms with Crippen LogP contribution in [0.1, 0.15) is 34.7 Å². The van der Waals surface area contributed by atoms with Gasteiger partial charge in [0.1, 0.15) is 16.5 Å². The molecule has 1 aromatic heterocycles. The van der Waals surface area contributed by atoms with Crippen LogP contribution in [-0.2, 0) is 0 Å². The van der Waals surface area contributed by atoms with Crippen LogP contribution in [0.5, 0.6) is 5.75 Å². The van der Waals surface area contributed by atoms with Gasteiger partial charge in [0.25, 0.3) is 11.8 Å². The van der Waals surface area contributed by atoms with Gasteiger partial charge in [-0.15, -0.1) is 11.3 Å². The Bertz CT molecular complexity index is 921. The van der Waals surface area contributed by atoms with E-state index in [4.69, 9.17) is 4.74 Å². The summed E-state index contributed by atoms with van der Waals surface area (Å²) < 4.78 is 5.54. The van der Waals surface area contributed by atoms with Crippen LogP contribution in [-0.4, -0.2) is 22.9 Å². The maximum absolute atomic E-state index is 12.2. The number of benzene rings is 2. The number of ether oxygens (including phenoxy) is 1. The zero-order valence-corrected chi connectivity index (χ0v) is 15.7. The van der Waals surface area contributed by atoms with Crippen molar-refractivity contribution < 1.29 is 14.3 Å². The zero-order chi connectivity index (χ0) is 19.2. The van der Waals surface area contributed by atoms with Crippen molar-refractivity contribution in [1.82, 2.24) is 15.8 Å². The van der Waals surface area contributed by atoms with Crippen LogP contribution in [0.4, 0.5) is 0 Å².